The highest BCUT2D eigenvalue weighted by molar-refractivity contribution is 6.79. The van der Waals surface area contributed by atoms with E-state index in [9.17, 15) is 14.4 Å². The van der Waals surface area contributed by atoms with Crippen molar-refractivity contribution < 1.29 is 28.0 Å². The van der Waals surface area contributed by atoms with Crippen molar-refractivity contribution in [2.45, 2.75) is 162 Å². The number of carbonyl (C=O) groups excluding carboxylic acids is 3. The van der Waals surface area contributed by atoms with E-state index in [4.69, 9.17) is 13.6 Å². The second-order valence-corrected chi connectivity index (χ2v) is 25.1. The zero-order valence-electron chi connectivity index (χ0n) is 29.3. The minimum Gasteiger partial charge on any atom is -0.518 e. The van der Waals surface area contributed by atoms with Gasteiger partial charge in [-0.15, -0.1) is 0 Å². The second kappa shape index (κ2) is 16.1. The predicted octanol–water partition coefficient (Wildman–Crippen LogP) is 7.96. The van der Waals surface area contributed by atoms with Crippen LogP contribution in [0.3, 0.4) is 0 Å². The van der Waals surface area contributed by atoms with Crippen molar-refractivity contribution in [3.05, 3.63) is 12.2 Å². The average molecular weight is 626 g/mol. The van der Waals surface area contributed by atoms with Crippen molar-refractivity contribution in [2.24, 2.45) is 11.8 Å². The topological polar surface area (TPSA) is 90.9 Å². The summed E-state index contributed by atoms with van der Waals surface area (Å²) in [5.41, 5.74) is 0.841. The van der Waals surface area contributed by atoms with Crippen molar-refractivity contribution >= 4 is 34.3 Å². The number of rotatable bonds is 15. The molecular formula is C33H63NO6Si2. The van der Waals surface area contributed by atoms with E-state index in [1.165, 1.54) is 0 Å². The van der Waals surface area contributed by atoms with Crippen LogP contribution in [0.2, 0.25) is 34.8 Å². The Morgan fingerprint density at radius 2 is 1.50 bits per heavy atom. The molecule has 42 heavy (non-hydrogen) atoms. The highest BCUT2D eigenvalue weighted by Crippen LogP contribution is 2.43. The molecule has 1 saturated heterocycles. The molecule has 5 atom stereocenters. The summed E-state index contributed by atoms with van der Waals surface area (Å²) in [6.07, 6.45) is 4.69. The molecule has 1 aliphatic rings. The molecule has 0 saturated carbocycles. The number of carbonyl (C=O) groups is 3. The van der Waals surface area contributed by atoms with Crippen LogP contribution in [0.25, 0.3) is 0 Å². The van der Waals surface area contributed by atoms with Crippen molar-refractivity contribution in [1.29, 1.82) is 0 Å². The summed E-state index contributed by atoms with van der Waals surface area (Å²) in [6.45, 7) is 29.9. The lowest BCUT2D eigenvalue weighted by Gasteiger charge is -2.44. The van der Waals surface area contributed by atoms with Crippen molar-refractivity contribution in [3.63, 3.8) is 0 Å². The van der Waals surface area contributed by atoms with Crippen LogP contribution < -0.4 is 5.32 Å². The highest BCUT2D eigenvalue weighted by Gasteiger charge is 2.50. The van der Waals surface area contributed by atoms with E-state index >= 15 is 0 Å². The lowest BCUT2D eigenvalue weighted by molar-refractivity contribution is -0.144. The van der Waals surface area contributed by atoms with E-state index in [2.05, 4.69) is 87.6 Å². The van der Waals surface area contributed by atoms with E-state index in [0.29, 0.717) is 6.42 Å². The van der Waals surface area contributed by atoms with Gasteiger partial charge < -0.3 is 18.9 Å². The monoisotopic (exact) mass is 625 g/mol. The number of ketones is 1. The van der Waals surface area contributed by atoms with Crippen molar-refractivity contribution in [2.75, 3.05) is 6.54 Å². The summed E-state index contributed by atoms with van der Waals surface area (Å²) >= 11 is 0. The van der Waals surface area contributed by atoms with Crippen LogP contribution in [0.1, 0.15) is 109 Å². The zero-order chi connectivity index (χ0) is 32.6. The van der Waals surface area contributed by atoms with Crippen LogP contribution >= 0.6 is 0 Å². The molecule has 0 aliphatic carbocycles. The molecule has 0 aromatic carbocycles. The predicted molar refractivity (Wildman–Crippen MR) is 177 cm³/mol. The van der Waals surface area contributed by atoms with Gasteiger partial charge in [-0.25, -0.2) is 0 Å². The first-order valence-corrected chi connectivity index (χ1v) is 21.2. The van der Waals surface area contributed by atoms with E-state index < -0.39 is 28.7 Å². The summed E-state index contributed by atoms with van der Waals surface area (Å²) < 4.78 is 19.5. The fourth-order valence-corrected chi connectivity index (χ4v) is 12.7. The molecule has 0 radical (unpaired) electrons. The molecule has 1 heterocycles. The summed E-state index contributed by atoms with van der Waals surface area (Å²) in [4.78, 5) is 39.1. The zero-order valence-corrected chi connectivity index (χ0v) is 31.3. The van der Waals surface area contributed by atoms with Crippen LogP contribution in [-0.2, 0) is 28.0 Å². The number of hydrogen-bond acceptors (Lipinski definition) is 6. The quantitative estimate of drug-likeness (QED) is 0.147. The third kappa shape index (κ3) is 10.4. The highest BCUT2D eigenvalue weighted by atomic mass is 28.4. The maximum Gasteiger partial charge on any atom is 0.298 e. The Bertz CT molecular complexity index is 902. The Morgan fingerprint density at radius 1 is 0.952 bits per heavy atom. The van der Waals surface area contributed by atoms with Gasteiger partial charge in [0.15, 0.2) is 14.1 Å². The first-order valence-electron chi connectivity index (χ1n) is 16.2. The van der Waals surface area contributed by atoms with Gasteiger partial charge in [0, 0.05) is 13.0 Å². The second-order valence-electron chi connectivity index (χ2n) is 15.0. The lowest BCUT2D eigenvalue weighted by atomic mass is 9.90. The Morgan fingerprint density at radius 3 is 1.98 bits per heavy atom. The molecule has 0 unspecified atom stereocenters. The molecule has 1 amide bonds. The number of ether oxygens (including phenoxy) is 1. The number of allylic oxidation sites excluding steroid dienone is 2. The first kappa shape index (κ1) is 38.7. The van der Waals surface area contributed by atoms with Gasteiger partial charge in [0.25, 0.3) is 14.3 Å². The van der Waals surface area contributed by atoms with E-state index in [0.717, 1.165) is 12.8 Å². The molecule has 0 bridgehead atoms. The van der Waals surface area contributed by atoms with Gasteiger partial charge in [-0.2, -0.15) is 0 Å². The van der Waals surface area contributed by atoms with Crippen LogP contribution in [0.4, 0.5) is 0 Å². The Hall–Kier alpha value is -1.30. The summed E-state index contributed by atoms with van der Waals surface area (Å²) in [5.74, 6) is -0.626. The van der Waals surface area contributed by atoms with Crippen molar-refractivity contribution in [3.8, 4) is 0 Å². The molecule has 0 aromatic heterocycles. The number of amides is 1. The molecule has 0 spiro atoms. The Balaban J connectivity index is 3.09. The maximum absolute atomic E-state index is 13.8. The smallest absolute Gasteiger partial charge is 0.298 e. The molecule has 1 aliphatic heterocycles. The molecule has 9 heteroatoms. The lowest BCUT2D eigenvalue weighted by Crippen LogP contribution is -2.54. The average Bonchev–Trinajstić information content (AvgIpc) is 2.85. The van der Waals surface area contributed by atoms with Gasteiger partial charge >= 0.3 is 0 Å². The van der Waals surface area contributed by atoms with E-state index in [-0.39, 0.29) is 70.4 Å². The SMILES string of the molecule is C/C=C/C(=O)C[C@H]1CC[C@H](C)[C@@H](CC(=O)NC[C@H](O[Si](C)(C)C(C)(C)C)[C@H](C)C(=O)O[Si](C(C)C)(C(C)C)C(C)C)O1. The van der Waals surface area contributed by atoms with Gasteiger partial charge in [0.2, 0.25) is 5.91 Å². The van der Waals surface area contributed by atoms with Crippen LogP contribution in [0.15, 0.2) is 12.2 Å². The maximum atomic E-state index is 13.8. The van der Waals surface area contributed by atoms with E-state index in [1.807, 2.05) is 13.8 Å². The van der Waals surface area contributed by atoms with Gasteiger partial charge in [0.1, 0.15) is 0 Å². The third-order valence-electron chi connectivity index (χ3n) is 9.78. The summed E-state index contributed by atoms with van der Waals surface area (Å²) in [6, 6.07) is 0. The molecular weight excluding hydrogens is 563 g/mol. The third-order valence-corrected chi connectivity index (χ3v) is 20.3. The molecule has 1 rings (SSSR count). The molecule has 1 N–H and O–H groups in total. The first-order chi connectivity index (χ1) is 19.2. The normalized spacial score (nSPS) is 22.1. The Kier molecular flexibility index (Phi) is 14.9. The standard InChI is InChI=1S/C33H63NO6Si2/c1-15-16-27(35)19-28-18-17-25(8)29(38-28)20-31(36)34-21-30(39-41(13,14)33(10,11)12)26(9)32(37)40-42(22(2)3,23(4)5)24(6)7/h15-16,22-26,28-30H,17-21H2,1-14H3,(H,34,36)/b16-15+/t25-,26-,28+,29+,30-/m0/s1. The molecule has 244 valence electrons. The minimum absolute atomic E-state index is 0.0474. The van der Waals surface area contributed by atoms with Gasteiger partial charge in [-0.3, -0.25) is 14.4 Å². The fourth-order valence-electron chi connectivity index (χ4n) is 6.08. The molecule has 1 fully saturated rings. The summed E-state index contributed by atoms with van der Waals surface area (Å²) in [7, 11) is -4.69. The molecule has 0 aromatic rings. The summed E-state index contributed by atoms with van der Waals surface area (Å²) in [5, 5.41) is 3.01. The van der Waals surface area contributed by atoms with Gasteiger partial charge in [0.05, 0.1) is 30.7 Å². The molecule has 7 nitrogen and oxygen atoms in total. The minimum atomic E-state index is -2.43. The van der Waals surface area contributed by atoms with Gasteiger partial charge in [-0.1, -0.05) is 75.3 Å². The number of hydrogen-bond donors (Lipinski definition) is 1. The van der Waals surface area contributed by atoms with Crippen LogP contribution in [0, 0.1) is 11.8 Å². The van der Waals surface area contributed by atoms with Crippen molar-refractivity contribution in [1.82, 2.24) is 5.32 Å². The fraction of sp³-hybridized carbons (Fsp3) is 0.848. The van der Waals surface area contributed by atoms with Gasteiger partial charge in [-0.05, 0) is 73.4 Å². The van der Waals surface area contributed by atoms with Crippen LogP contribution in [0.5, 0.6) is 0 Å². The number of nitrogens with one attached hydrogen (secondary N) is 1. The Labute approximate surface area is 259 Å². The van der Waals surface area contributed by atoms with Crippen LogP contribution in [-0.4, -0.2) is 59.2 Å². The van der Waals surface area contributed by atoms with E-state index in [1.54, 1.807) is 12.2 Å². The largest absolute Gasteiger partial charge is 0.518 e.